The topological polar surface area (TPSA) is 89.3 Å². The number of anilines is 1. The minimum absolute atomic E-state index is 0. The van der Waals surface area contributed by atoms with Gasteiger partial charge in [0.2, 0.25) is 5.91 Å². The van der Waals surface area contributed by atoms with Gasteiger partial charge in [-0.05, 0) is 30.5 Å². The van der Waals surface area contributed by atoms with E-state index in [9.17, 15) is 13.2 Å². The van der Waals surface area contributed by atoms with E-state index in [1.54, 1.807) is 24.3 Å². The molecule has 0 aromatic heterocycles. The molecule has 0 saturated carbocycles. The van der Waals surface area contributed by atoms with Crippen LogP contribution in [0.15, 0.2) is 24.3 Å². The molecule has 0 atom stereocenters. The number of carbonyl (C=O) groups excluding carboxylic acids is 1. The molecule has 0 radical (unpaired) electrons. The molecule has 0 aliphatic heterocycles. The quantitative estimate of drug-likeness (QED) is 0.791. The van der Waals surface area contributed by atoms with E-state index in [-0.39, 0.29) is 30.6 Å². The van der Waals surface area contributed by atoms with E-state index in [2.05, 4.69) is 5.32 Å². The van der Waals surface area contributed by atoms with Crippen LogP contribution in [0.3, 0.4) is 0 Å². The summed E-state index contributed by atoms with van der Waals surface area (Å²) in [5.41, 5.74) is 6.43. The number of rotatable bonds is 7. The Bertz CT molecular complexity index is 590. The molecular formula is C15H25ClN2O3S. The molecular weight excluding hydrogens is 324 g/mol. The van der Waals surface area contributed by atoms with Crippen molar-refractivity contribution < 1.29 is 13.2 Å². The first kappa shape index (κ1) is 20.9. The number of benzene rings is 1. The maximum absolute atomic E-state index is 12.4. The Morgan fingerprint density at radius 1 is 1.27 bits per heavy atom. The Morgan fingerprint density at radius 2 is 1.86 bits per heavy atom. The van der Waals surface area contributed by atoms with Gasteiger partial charge >= 0.3 is 0 Å². The van der Waals surface area contributed by atoms with Gasteiger partial charge < -0.3 is 11.1 Å². The minimum Gasteiger partial charge on any atom is -0.329 e. The second kappa shape index (κ2) is 8.50. The smallest absolute Gasteiger partial charge is 0.231 e. The van der Waals surface area contributed by atoms with Gasteiger partial charge in [-0.1, -0.05) is 26.0 Å². The second-order valence-corrected chi connectivity index (χ2v) is 7.56. The predicted octanol–water partition coefficient (Wildman–Crippen LogP) is 2.36. The molecule has 126 valence electrons. The molecule has 0 spiro atoms. The Kier molecular flexibility index (Phi) is 8.07. The summed E-state index contributed by atoms with van der Waals surface area (Å²) in [6, 6.07) is 6.90. The molecule has 1 rings (SSSR count). The minimum atomic E-state index is -3.10. The molecule has 0 aliphatic carbocycles. The van der Waals surface area contributed by atoms with E-state index >= 15 is 0 Å². The molecule has 0 bridgehead atoms. The van der Waals surface area contributed by atoms with Crippen LogP contribution in [-0.4, -0.2) is 27.1 Å². The molecule has 7 heteroatoms. The van der Waals surface area contributed by atoms with Crippen LogP contribution in [0, 0.1) is 5.41 Å². The fourth-order valence-electron chi connectivity index (χ4n) is 2.26. The SMILES string of the molecule is CCC(CC)(CN)C(=O)Nc1cccc(CS(C)(=O)=O)c1.Cl. The van der Waals surface area contributed by atoms with Crippen molar-refractivity contribution in [1.29, 1.82) is 0 Å². The Morgan fingerprint density at radius 3 is 2.32 bits per heavy atom. The first-order chi connectivity index (χ1) is 9.76. The highest BCUT2D eigenvalue weighted by molar-refractivity contribution is 7.89. The number of sulfone groups is 1. The second-order valence-electron chi connectivity index (χ2n) is 5.42. The van der Waals surface area contributed by atoms with E-state index in [0.717, 1.165) is 0 Å². The van der Waals surface area contributed by atoms with Gasteiger partial charge in [-0.15, -0.1) is 12.4 Å². The number of nitrogens with one attached hydrogen (secondary N) is 1. The van der Waals surface area contributed by atoms with Gasteiger partial charge in [0.15, 0.2) is 9.84 Å². The van der Waals surface area contributed by atoms with Gasteiger partial charge in [-0.2, -0.15) is 0 Å². The molecule has 5 nitrogen and oxygen atoms in total. The number of carbonyl (C=O) groups is 1. The van der Waals surface area contributed by atoms with Crippen molar-refractivity contribution in [2.24, 2.45) is 11.1 Å². The van der Waals surface area contributed by atoms with E-state index in [4.69, 9.17) is 5.73 Å². The van der Waals surface area contributed by atoms with Crippen LogP contribution in [0.5, 0.6) is 0 Å². The maximum Gasteiger partial charge on any atom is 0.231 e. The first-order valence-corrected chi connectivity index (χ1v) is 9.10. The summed E-state index contributed by atoms with van der Waals surface area (Å²) in [7, 11) is -3.10. The zero-order valence-corrected chi connectivity index (χ0v) is 14.9. The highest BCUT2D eigenvalue weighted by atomic mass is 35.5. The number of hydrogen-bond donors (Lipinski definition) is 2. The Labute approximate surface area is 139 Å². The summed E-state index contributed by atoms with van der Waals surface area (Å²) >= 11 is 0. The molecule has 22 heavy (non-hydrogen) atoms. The normalized spacial score (nSPS) is 11.6. The maximum atomic E-state index is 12.4. The van der Waals surface area contributed by atoms with Crippen LogP contribution in [0.4, 0.5) is 5.69 Å². The van der Waals surface area contributed by atoms with Crippen LogP contribution in [0.25, 0.3) is 0 Å². The van der Waals surface area contributed by atoms with Gasteiger partial charge in [0.1, 0.15) is 0 Å². The van der Waals surface area contributed by atoms with Gasteiger partial charge in [0, 0.05) is 18.5 Å². The van der Waals surface area contributed by atoms with Crippen LogP contribution < -0.4 is 11.1 Å². The zero-order valence-electron chi connectivity index (χ0n) is 13.3. The van der Waals surface area contributed by atoms with Crippen molar-refractivity contribution in [3.63, 3.8) is 0 Å². The Hall–Kier alpha value is -1.11. The summed E-state index contributed by atoms with van der Waals surface area (Å²) in [6.07, 6.45) is 2.51. The van der Waals surface area contributed by atoms with Crippen molar-refractivity contribution in [3.05, 3.63) is 29.8 Å². The van der Waals surface area contributed by atoms with E-state index < -0.39 is 15.3 Å². The number of nitrogens with two attached hydrogens (primary N) is 1. The molecule has 1 aromatic rings. The Balaban J connectivity index is 0.00000441. The zero-order chi connectivity index (χ0) is 16.1. The van der Waals surface area contributed by atoms with Crippen molar-refractivity contribution in [1.82, 2.24) is 0 Å². The third kappa shape index (κ3) is 5.59. The third-order valence-electron chi connectivity index (χ3n) is 3.84. The highest BCUT2D eigenvalue weighted by Gasteiger charge is 2.33. The van der Waals surface area contributed by atoms with Crippen molar-refractivity contribution in [3.8, 4) is 0 Å². The van der Waals surface area contributed by atoms with E-state index in [1.165, 1.54) is 6.26 Å². The number of hydrogen-bond acceptors (Lipinski definition) is 4. The van der Waals surface area contributed by atoms with E-state index in [0.29, 0.717) is 24.1 Å². The molecule has 3 N–H and O–H groups in total. The standard InChI is InChI=1S/C15H24N2O3S.ClH/c1-4-15(5-2,11-16)14(18)17-13-8-6-7-12(9-13)10-21(3,19)20;/h6-9H,4-5,10-11,16H2,1-3H3,(H,17,18);1H. The van der Waals surface area contributed by atoms with Crippen LogP contribution in [0.1, 0.15) is 32.3 Å². The van der Waals surface area contributed by atoms with Gasteiger partial charge in [-0.25, -0.2) is 8.42 Å². The molecule has 0 fully saturated rings. The number of amides is 1. The van der Waals surface area contributed by atoms with Gasteiger partial charge in [-0.3, -0.25) is 4.79 Å². The summed E-state index contributed by atoms with van der Waals surface area (Å²) in [5.74, 6) is -0.160. The summed E-state index contributed by atoms with van der Waals surface area (Å²) in [6.45, 7) is 4.17. The highest BCUT2D eigenvalue weighted by Crippen LogP contribution is 2.27. The van der Waals surface area contributed by atoms with E-state index in [1.807, 2.05) is 13.8 Å². The fraction of sp³-hybridized carbons (Fsp3) is 0.533. The average molecular weight is 349 g/mol. The molecule has 1 aromatic carbocycles. The van der Waals surface area contributed by atoms with Gasteiger partial charge in [0.05, 0.1) is 11.2 Å². The summed E-state index contributed by atoms with van der Waals surface area (Å²) in [5, 5.41) is 2.85. The lowest BCUT2D eigenvalue weighted by Gasteiger charge is -2.28. The number of halogens is 1. The predicted molar refractivity (Wildman–Crippen MR) is 92.9 cm³/mol. The molecule has 0 aliphatic rings. The summed E-state index contributed by atoms with van der Waals surface area (Å²) < 4.78 is 22.7. The lowest BCUT2D eigenvalue weighted by molar-refractivity contribution is -0.125. The lowest BCUT2D eigenvalue weighted by atomic mass is 9.81. The lowest BCUT2D eigenvalue weighted by Crippen LogP contribution is -2.41. The first-order valence-electron chi connectivity index (χ1n) is 7.04. The molecule has 0 unspecified atom stereocenters. The molecule has 1 amide bonds. The van der Waals surface area contributed by atoms with Gasteiger partial charge in [0.25, 0.3) is 0 Å². The molecule has 0 heterocycles. The third-order valence-corrected chi connectivity index (χ3v) is 4.70. The fourth-order valence-corrected chi connectivity index (χ4v) is 3.04. The van der Waals surface area contributed by atoms with Crippen LogP contribution >= 0.6 is 12.4 Å². The molecule has 0 saturated heterocycles. The average Bonchev–Trinajstić information content (AvgIpc) is 2.40. The monoisotopic (exact) mass is 348 g/mol. The van der Waals surface area contributed by atoms with Crippen molar-refractivity contribution in [2.75, 3.05) is 18.1 Å². The van der Waals surface area contributed by atoms with Crippen molar-refractivity contribution >= 4 is 33.8 Å². The largest absolute Gasteiger partial charge is 0.329 e. The van der Waals surface area contributed by atoms with Crippen molar-refractivity contribution in [2.45, 2.75) is 32.4 Å². The van der Waals surface area contributed by atoms with Crippen LogP contribution in [0.2, 0.25) is 0 Å². The summed E-state index contributed by atoms with van der Waals surface area (Å²) in [4.78, 5) is 12.4. The van der Waals surface area contributed by atoms with Crippen LogP contribution in [-0.2, 0) is 20.4 Å².